The molecule has 0 spiro atoms. The molecule has 3 rings (SSSR count). The number of thiazole rings is 1. The van der Waals surface area contributed by atoms with E-state index in [1.165, 1.54) is 5.56 Å². The highest BCUT2D eigenvalue weighted by atomic mass is 32.1. The standard InChI is InChI=1S/C23H26N2O2S/c1-5-20(17-10-12-19(27-4)13-11-17)25-22(26)14-21-23(24-16(3)28-21)18-8-6-15(2)7-9-18/h6-13,20H,5,14H2,1-4H3,(H,25,26). The molecule has 0 aliphatic heterocycles. The number of benzene rings is 2. The third-order valence-electron chi connectivity index (χ3n) is 4.71. The zero-order valence-corrected chi connectivity index (χ0v) is 17.6. The van der Waals surface area contributed by atoms with Crippen LogP contribution >= 0.6 is 11.3 Å². The summed E-state index contributed by atoms with van der Waals surface area (Å²) in [6, 6.07) is 16.1. The molecule has 1 N–H and O–H groups in total. The molecule has 146 valence electrons. The van der Waals surface area contributed by atoms with Crippen molar-refractivity contribution in [3.63, 3.8) is 0 Å². The Morgan fingerprint density at radius 3 is 2.39 bits per heavy atom. The third kappa shape index (κ3) is 4.78. The Kier molecular flexibility index (Phi) is 6.47. The van der Waals surface area contributed by atoms with E-state index in [-0.39, 0.29) is 11.9 Å². The van der Waals surface area contributed by atoms with Crippen LogP contribution < -0.4 is 10.1 Å². The molecule has 28 heavy (non-hydrogen) atoms. The van der Waals surface area contributed by atoms with Gasteiger partial charge in [-0.05, 0) is 38.0 Å². The molecule has 4 nitrogen and oxygen atoms in total. The number of hydrogen-bond acceptors (Lipinski definition) is 4. The van der Waals surface area contributed by atoms with Crippen LogP contribution in [0.2, 0.25) is 0 Å². The van der Waals surface area contributed by atoms with Gasteiger partial charge in [0, 0.05) is 10.4 Å². The zero-order chi connectivity index (χ0) is 20.1. The van der Waals surface area contributed by atoms with E-state index in [2.05, 4.69) is 48.4 Å². The number of aromatic nitrogens is 1. The molecule has 1 aromatic heterocycles. The maximum Gasteiger partial charge on any atom is 0.225 e. The summed E-state index contributed by atoms with van der Waals surface area (Å²) in [6.07, 6.45) is 1.16. The second-order valence-electron chi connectivity index (χ2n) is 6.85. The number of methoxy groups -OCH3 is 1. The molecule has 0 radical (unpaired) electrons. The molecule has 0 bridgehead atoms. The summed E-state index contributed by atoms with van der Waals surface area (Å²) in [5.41, 5.74) is 4.26. The fourth-order valence-corrected chi connectivity index (χ4v) is 4.13. The lowest BCUT2D eigenvalue weighted by Crippen LogP contribution is -2.29. The highest BCUT2D eigenvalue weighted by molar-refractivity contribution is 7.12. The van der Waals surface area contributed by atoms with Crippen LogP contribution in [0.4, 0.5) is 0 Å². The quantitative estimate of drug-likeness (QED) is 0.596. The number of nitrogens with zero attached hydrogens (tertiary/aromatic N) is 1. The third-order valence-corrected chi connectivity index (χ3v) is 5.68. The van der Waals surface area contributed by atoms with Gasteiger partial charge < -0.3 is 10.1 Å². The van der Waals surface area contributed by atoms with Gasteiger partial charge in [-0.1, -0.05) is 48.9 Å². The summed E-state index contributed by atoms with van der Waals surface area (Å²) in [6.45, 7) is 6.12. The minimum Gasteiger partial charge on any atom is -0.497 e. The summed E-state index contributed by atoms with van der Waals surface area (Å²) in [5, 5.41) is 4.14. The second kappa shape index (κ2) is 9.02. The van der Waals surface area contributed by atoms with Gasteiger partial charge >= 0.3 is 0 Å². The van der Waals surface area contributed by atoms with E-state index in [4.69, 9.17) is 4.74 Å². The summed E-state index contributed by atoms with van der Waals surface area (Å²) < 4.78 is 5.21. The molecule has 0 saturated carbocycles. The van der Waals surface area contributed by atoms with Crippen molar-refractivity contribution in [2.24, 2.45) is 0 Å². The summed E-state index contributed by atoms with van der Waals surface area (Å²) in [5.74, 6) is 0.826. The molecule has 1 amide bonds. The Morgan fingerprint density at radius 1 is 1.11 bits per heavy atom. The molecule has 5 heteroatoms. The Bertz CT molecular complexity index is 930. The first-order valence-corrected chi connectivity index (χ1v) is 10.3. The van der Waals surface area contributed by atoms with Crippen LogP contribution in [0.3, 0.4) is 0 Å². The molecule has 0 aliphatic rings. The normalized spacial score (nSPS) is 11.9. The van der Waals surface area contributed by atoms with Gasteiger partial charge in [0.2, 0.25) is 5.91 Å². The van der Waals surface area contributed by atoms with Crippen LogP contribution in [0.15, 0.2) is 48.5 Å². The van der Waals surface area contributed by atoms with E-state index in [1.807, 2.05) is 31.2 Å². The minimum atomic E-state index is -0.0183. The Morgan fingerprint density at radius 2 is 1.79 bits per heavy atom. The van der Waals surface area contributed by atoms with Crippen LogP contribution in [-0.2, 0) is 11.2 Å². The lowest BCUT2D eigenvalue weighted by molar-refractivity contribution is -0.121. The van der Waals surface area contributed by atoms with Gasteiger partial charge in [0.1, 0.15) is 5.75 Å². The van der Waals surface area contributed by atoms with Gasteiger partial charge in [0.05, 0.1) is 30.3 Å². The van der Waals surface area contributed by atoms with Gasteiger partial charge in [0.15, 0.2) is 0 Å². The van der Waals surface area contributed by atoms with Crippen LogP contribution in [0.1, 0.15) is 40.4 Å². The van der Waals surface area contributed by atoms with Gasteiger partial charge in [-0.25, -0.2) is 4.98 Å². The van der Waals surface area contributed by atoms with Crippen LogP contribution in [-0.4, -0.2) is 18.0 Å². The van der Waals surface area contributed by atoms with Gasteiger partial charge in [-0.2, -0.15) is 0 Å². The van der Waals surface area contributed by atoms with Gasteiger partial charge in [-0.3, -0.25) is 4.79 Å². The number of ether oxygens (including phenoxy) is 1. The number of carbonyl (C=O) groups is 1. The molecule has 2 aromatic carbocycles. The fraction of sp³-hybridized carbons (Fsp3) is 0.304. The number of hydrogen-bond donors (Lipinski definition) is 1. The average Bonchev–Trinajstić information content (AvgIpc) is 3.06. The SMILES string of the molecule is CCC(NC(=O)Cc1sc(C)nc1-c1ccc(C)cc1)c1ccc(OC)cc1. The number of nitrogens with one attached hydrogen (secondary N) is 1. The average molecular weight is 395 g/mol. The van der Waals surface area contributed by atoms with E-state index in [0.717, 1.165) is 38.9 Å². The number of amides is 1. The Balaban J connectivity index is 1.74. The van der Waals surface area contributed by atoms with Crippen LogP contribution in [0.25, 0.3) is 11.3 Å². The highest BCUT2D eigenvalue weighted by Gasteiger charge is 2.18. The molecule has 1 atom stereocenters. The first-order valence-electron chi connectivity index (χ1n) is 9.46. The van der Waals surface area contributed by atoms with E-state index in [1.54, 1.807) is 18.4 Å². The molecule has 1 heterocycles. The molecule has 0 aliphatic carbocycles. The number of rotatable bonds is 7. The molecule has 3 aromatic rings. The zero-order valence-electron chi connectivity index (χ0n) is 16.8. The Labute approximate surface area is 170 Å². The van der Waals surface area contributed by atoms with Crippen LogP contribution in [0, 0.1) is 13.8 Å². The van der Waals surface area contributed by atoms with Crippen molar-refractivity contribution in [2.45, 2.75) is 39.7 Å². The van der Waals surface area contributed by atoms with E-state index < -0.39 is 0 Å². The van der Waals surface area contributed by atoms with Crippen molar-refractivity contribution in [3.05, 3.63) is 69.5 Å². The second-order valence-corrected chi connectivity index (χ2v) is 8.14. The van der Waals surface area contributed by atoms with Gasteiger partial charge in [0.25, 0.3) is 0 Å². The van der Waals surface area contributed by atoms with Crippen molar-refractivity contribution in [3.8, 4) is 17.0 Å². The Hall–Kier alpha value is -2.66. The smallest absolute Gasteiger partial charge is 0.225 e. The van der Waals surface area contributed by atoms with Crippen molar-refractivity contribution in [2.75, 3.05) is 7.11 Å². The first-order chi connectivity index (χ1) is 13.5. The minimum absolute atomic E-state index is 0.0136. The molecule has 0 saturated heterocycles. The highest BCUT2D eigenvalue weighted by Crippen LogP contribution is 2.29. The monoisotopic (exact) mass is 394 g/mol. The molecular weight excluding hydrogens is 368 g/mol. The van der Waals surface area contributed by atoms with Crippen LogP contribution in [0.5, 0.6) is 5.75 Å². The number of aryl methyl sites for hydroxylation is 2. The molecular formula is C23H26N2O2S. The lowest BCUT2D eigenvalue weighted by Gasteiger charge is -2.18. The molecule has 1 unspecified atom stereocenters. The lowest BCUT2D eigenvalue weighted by atomic mass is 10.0. The van der Waals surface area contributed by atoms with Crippen molar-refractivity contribution >= 4 is 17.2 Å². The van der Waals surface area contributed by atoms with E-state index in [9.17, 15) is 4.79 Å². The van der Waals surface area contributed by atoms with Gasteiger partial charge in [-0.15, -0.1) is 11.3 Å². The van der Waals surface area contributed by atoms with Crippen molar-refractivity contribution in [1.82, 2.24) is 10.3 Å². The van der Waals surface area contributed by atoms with E-state index >= 15 is 0 Å². The maximum atomic E-state index is 12.8. The predicted molar refractivity (Wildman–Crippen MR) is 115 cm³/mol. The summed E-state index contributed by atoms with van der Waals surface area (Å²) in [7, 11) is 1.65. The maximum absolute atomic E-state index is 12.8. The van der Waals surface area contributed by atoms with Crippen molar-refractivity contribution in [1.29, 1.82) is 0 Å². The van der Waals surface area contributed by atoms with E-state index in [0.29, 0.717) is 6.42 Å². The predicted octanol–water partition coefficient (Wildman–Crippen LogP) is 5.25. The van der Waals surface area contributed by atoms with Crippen molar-refractivity contribution < 1.29 is 9.53 Å². The largest absolute Gasteiger partial charge is 0.497 e. The molecule has 0 fully saturated rings. The first kappa shape index (κ1) is 20.1. The number of carbonyl (C=O) groups excluding carboxylic acids is 1. The topological polar surface area (TPSA) is 51.2 Å². The summed E-state index contributed by atoms with van der Waals surface area (Å²) >= 11 is 1.59. The summed E-state index contributed by atoms with van der Waals surface area (Å²) in [4.78, 5) is 18.4. The fourth-order valence-electron chi connectivity index (χ4n) is 3.17.